The van der Waals surface area contributed by atoms with Crippen LogP contribution >= 0.6 is 0 Å². The molecular weight excluding hydrogens is 219 g/mol. The van der Waals surface area contributed by atoms with E-state index in [4.69, 9.17) is 4.74 Å². The molecule has 0 unspecified atom stereocenters. The van der Waals surface area contributed by atoms with E-state index >= 15 is 0 Å². The standard InChI is InChI=1S/C13H15FN2O/c1-3-16-13(10(2)8-15-16)17-9-11-5-4-6-12(14)7-11/h4-8H,3,9H2,1-2H3. The van der Waals surface area contributed by atoms with Gasteiger partial charge >= 0.3 is 0 Å². The Labute approximate surface area is 99.8 Å². The monoisotopic (exact) mass is 234 g/mol. The number of hydrogen-bond acceptors (Lipinski definition) is 2. The van der Waals surface area contributed by atoms with E-state index in [1.54, 1.807) is 16.9 Å². The second kappa shape index (κ2) is 4.99. The Kier molecular flexibility index (Phi) is 3.42. The molecule has 17 heavy (non-hydrogen) atoms. The van der Waals surface area contributed by atoms with Crippen LogP contribution in [0.25, 0.3) is 0 Å². The average molecular weight is 234 g/mol. The molecule has 0 saturated carbocycles. The van der Waals surface area contributed by atoms with Gasteiger partial charge < -0.3 is 4.74 Å². The van der Waals surface area contributed by atoms with E-state index in [1.165, 1.54) is 12.1 Å². The molecule has 2 aromatic rings. The first kappa shape index (κ1) is 11.6. The Morgan fingerprint density at radius 3 is 2.94 bits per heavy atom. The Hall–Kier alpha value is -1.84. The van der Waals surface area contributed by atoms with Crippen molar-refractivity contribution in [2.75, 3.05) is 0 Å². The quantitative estimate of drug-likeness (QED) is 0.813. The summed E-state index contributed by atoms with van der Waals surface area (Å²) in [6.45, 7) is 5.05. The minimum Gasteiger partial charge on any atom is -0.473 e. The number of halogens is 1. The van der Waals surface area contributed by atoms with Crippen LogP contribution in [-0.2, 0) is 13.2 Å². The van der Waals surface area contributed by atoms with Crippen molar-refractivity contribution in [2.45, 2.75) is 27.0 Å². The first-order chi connectivity index (χ1) is 8.20. The van der Waals surface area contributed by atoms with Crippen molar-refractivity contribution >= 4 is 0 Å². The molecule has 0 aliphatic heterocycles. The smallest absolute Gasteiger partial charge is 0.215 e. The van der Waals surface area contributed by atoms with Gasteiger partial charge in [-0.25, -0.2) is 9.07 Å². The molecule has 1 aromatic carbocycles. The third-order valence-corrected chi connectivity index (χ3v) is 2.53. The highest BCUT2D eigenvalue weighted by Crippen LogP contribution is 2.18. The summed E-state index contributed by atoms with van der Waals surface area (Å²) in [5.74, 6) is 0.503. The predicted octanol–water partition coefficient (Wildman–Crippen LogP) is 2.93. The maximum Gasteiger partial charge on any atom is 0.215 e. The van der Waals surface area contributed by atoms with E-state index in [1.807, 2.05) is 19.9 Å². The third-order valence-electron chi connectivity index (χ3n) is 2.53. The molecule has 0 aliphatic carbocycles. The van der Waals surface area contributed by atoms with Crippen molar-refractivity contribution in [3.8, 4) is 5.88 Å². The fourth-order valence-corrected chi connectivity index (χ4v) is 1.66. The minimum absolute atomic E-state index is 0.244. The number of aryl methyl sites for hydroxylation is 2. The Morgan fingerprint density at radius 1 is 1.41 bits per heavy atom. The highest BCUT2D eigenvalue weighted by atomic mass is 19.1. The topological polar surface area (TPSA) is 27.1 Å². The van der Waals surface area contributed by atoms with E-state index < -0.39 is 0 Å². The molecule has 3 nitrogen and oxygen atoms in total. The maximum atomic E-state index is 13.0. The van der Waals surface area contributed by atoms with Crippen LogP contribution in [0.4, 0.5) is 4.39 Å². The number of benzene rings is 1. The van der Waals surface area contributed by atoms with E-state index in [0.29, 0.717) is 6.61 Å². The zero-order chi connectivity index (χ0) is 12.3. The van der Waals surface area contributed by atoms with E-state index in [-0.39, 0.29) is 5.82 Å². The first-order valence-corrected chi connectivity index (χ1v) is 5.60. The van der Waals surface area contributed by atoms with Crippen LogP contribution < -0.4 is 4.74 Å². The number of hydrogen-bond donors (Lipinski definition) is 0. The summed E-state index contributed by atoms with van der Waals surface area (Å²) in [6.07, 6.45) is 1.77. The summed E-state index contributed by atoms with van der Waals surface area (Å²) in [4.78, 5) is 0. The first-order valence-electron chi connectivity index (χ1n) is 5.60. The molecule has 4 heteroatoms. The fraction of sp³-hybridized carbons (Fsp3) is 0.308. The summed E-state index contributed by atoms with van der Waals surface area (Å²) >= 11 is 0. The number of nitrogens with zero attached hydrogens (tertiary/aromatic N) is 2. The van der Waals surface area contributed by atoms with Crippen molar-refractivity contribution in [1.82, 2.24) is 9.78 Å². The van der Waals surface area contributed by atoms with Crippen molar-refractivity contribution in [2.24, 2.45) is 0 Å². The fourth-order valence-electron chi connectivity index (χ4n) is 1.66. The van der Waals surface area contributed by atoms with Crippen LogP contribution in [0, 0.1) is 12.7 Å². The van der Waals surface area contributed by atoms with Gasteiger partial charge in [0.2, 0.25) is 5.88 Å². The summed E-state index contributed by atoms with van der Waals surface area (Å²) in [5.41, 5.74) is 1.80. The van der Waals surface area contributed by atoms with Crippen LogP contribution in [0.1, 0.15) is 18.1 Å². The van der Waals surface area contributed by atoms with Gasteiger partial charge in [0.15, 0.2) is 0 Å². The van der Waals surface area contributed by atoms with Crippen molar-refractivity contribution in [3.05, 3.63) is 47.4 Å². The highest BCUT2D eigenvalue weighted by Gasteiger charge is 2.07. The number of aromatic nitrogens is 2. The molecular formula is C13H15FN2O. The molecule has 0 amide bonds. The van der Waals surface area contributed by atoms with Gasteiger partial charge in [-0.2, -0.15) is 5.10 Å². The molecule has 2 rings (SSSR count). The van der Waals surface area contributed by atoms with Crippen LogP contribution in [0.15, 0.2) is 30.5 Å². The average Bonchev–Trinajstić information content (AvgIpc) is 2.67. The lowest BCUT2D eigenvalue weighted by molar-refractivity contribution is 0.271. The Morgan fingerprint density at radius 2 is 2.24 bits per heavy atom. The van der Waals surface area contributed by atoms with Crippen LogP contribution in [0.3, 0.4) is 0 Å². The molecule has 0 bridgehead atoms. The van der Waals surface area contributed by atoms with E-state index in [2.05, 4.69) is 5.10 Å². The molecule has 0 atom stereocenters. The zero-order valence-corrected chi connectivity index (χ0v) is 9.98. The largest absolute Gasteiger partial charge is 0.473 e. The minimum atomic E-state index is -0.244. The maximum absolute atomic E-state index is 13.0. The summed E-state index contributed by atoms with van der Waals surface area (Å²) in [7, 11) is 0. The van der Waals surface area contributed by atoms with Gasteiger partial charge in [-0.1, -0.05) is 12.1 Å². The third kappa shape index (κ3) is 2.64. The van der Waals surface area contributed by atoms with Gasteiger partial charge in [0.1, 0.15) is 12.4 Å². The second-order valence-corrected chi connectivity index (χ2v) is 3.87. The Bertz CT molecular complexity index is 508. The molecule has 0 spiro atoms. The second-order valence-electron chi connectivity index (χ2n) is 3.87. The van der Waals surface area contributed by atoms with Gasteiger partial charge in [-0.3, -0.25) is 0 Å². The SMILES string of the molecule is CCn1ncc(C)c1OCc1cccc(F)c1. The molecule has 90 valence electrons. The zero-order valence-electron chi connectivity index (χ0n) is 9.98. The lowest BCUT2D eigenvalue weighted by Gasteiger charge is -2.09. The van der Waals surface area contributed by atoms with Gasteiger partial charge in [0.25, 0.3) is 0 Å². The van der Waals surface area contributed by atoms with Crippen LogP contribution in [-0.4, -0.2) is 9.78 Å². The van der Waals surface area contributed by atoms with Crippen molar-refractivity contribution in [3.63, 3.8) is 0 Å². The molecule has 1 heterocycles. The Balaban J connectivity index is 2.09. The summed E-state index contributed by atoms with van der Waals surface area (Å²) in [5, 5.41) is 4.18. The van der Waals surface area contributed by atoms with E-state index in [9.17, 15) is 4.39 Å². The van der Waals surface area contributed by atoms with Crippen molar-refractivity contribution < 1.29 is 9.13 Å². The molecule has 0 aliphatic rings. The lowest BCUT2D eigenvalue weighted by Crippen LogP contribution is -2.04. The predicted molar refractivity (Wildman–Crippen MR) is 63.4 cm³/mol. The summed E-state index contributed by atoms with van der Waals surface area (Å²) in [6, 6.07) is 6.41. The molecule has 0 saturated heterocycles. The van der Waals surface area contributed by atoms with Crippen molar-refractivity contribution in [1.29, 1.82) is 0 Å². The number of rotatable bonds is 4. The van der Waals surface area contributed by atoms with Gasteiger partial charge in [0, 0.05) is 12.1 Å². The molecule has 1 aromatic heterocycles. The number of ether oxygens (including phenoxy) is 1. The van der Waals surface area contributed by atoms with Crippen LogP contribution in [0.5, 0.6) is 5.88 Å². The van der Waals surface area contributed by atoms with E-state index in [0.717, 1.165) is 23.6 Å². The normalized spacial score (nSPS) is 10.5. The van der Waals surface area contributed by atoms with Gasteiger partial charge in [-0.15, -0.1) is 0 Å². The summed E-state index contributed by atoms with van der Waals surface area (Å²) < 4.78 is 20.4. The molecule has 0 N–H and O–H groups in total. The molecule has 0 radical (unpaired) electrons. The lowest BCUT2D eigenvalue weighted by atomic mass is 10.2. The van der Waals surface area contributed by atoms with Gasteiger partial charge in [-0.05, 0) is 31.5 Å². The van der Waals surface area contributed by atoms with Gasteiger partial charge in [0.05, 0.1) is 6.20 Å². The molecule has 0 fully saturated rings. The van der Waals surface area contributed by atoms with Crippen LogP contribution in [0.2, 0.25) is 0 Å². The highest BCUT2D eigenvalue weighted by molar-refractivity contribution is 5.23.